The molecule has 23 heavy (non-hydrogen) atoms. The van der Waals surface area contributed by atoms with Gasteiger partial charge in [-0.05, 0) is 24.6 Å². The predicted molar refractivity (Wildman–Crippen MR) is 83.3 cm³/mol. The van der Waals surface area contributed by atoms with Crippen LogP contribution in [0.4, 0.5) is 0 Å². The predicted octanol–water partition coefficient (Wildman–Crippen LogP) is 1.55. The molecule has 2 N–H and O–H groups in total. The molecule has 7 nitrogen and oxygen atoms in total. The number of methoxy groups -OCH3 is 1. The quantitative estimate of drug-likeness (QED) is 0.843. The van der Waals surface area contributed by atoms with Crippen LogP contribution in [0, 0.1) is 0 Å². The minimum atomic E-state index is -1.08. The average Bonchev–Trinajstić information content (AvgIpc) is 2.93. The zero-order valence-corrected chi connectivity index (χ0v) is 13.2. The fourth-order valence-electron chi connectivity index (χ4n) is 2.35. The van der Waals surface area contributed by atoms with Crippen molar-refractivity contribution in [2.75, 3.05) is 7.11 Å². The Morgan fingerprint density at radius 1 is 1.43 bits per heavy atom. The van der Waals surface area contributed by atoms with E-state index in [1.807, 2.05) is 0 Å². The van der Waals surface area contributed by atoms with E-state index in [4.69, 9.17) is 4.74 Å². The first-order chi connectivity index (χ1) is 10.8. The molecule has 0 aliphatic heterocycles. The van der Waals surface area contributed by atoms with Gasteiger partial charge >= 0.3 is 5.97 Å². The molecule has 0 fully saturated rings. The van der Waals surface area contributed by atoms with E-state index in [1.165, 1.54) is 18.0 Å². The number of aryl methyl sites for hydroxylation is 1. The molecule has 7 heteroatoms. The summed E-state index contributed by atoms with van der Waals surface area (Å²) in [7, 11) is 3.23. The van der Waals surface area contributed by atoms with Gasteiger partial charge in [-0.2, -0.15) is 5.10 Å². The summed E-state index contributed by atoms with van der Waals surface area (Å²) in [4.78, 5) is 23.7. The molecule has 1 unspecified atom stereocenters. The van der Waals surface area contributed by atoms with Crippen molar-refractivity contribution >= 4 is 11.9 Å². The molecule has 0 aliphatic carbocycles. The van der Waals surface area contributed by atoms with Crippen molar-refractivity contribution in [3.63, 3.8) is 0 Å². The number of hydrogen-bond acceptors (Lipinski definition) is 4. The van der Waals surface area contributed by atoms with Crippen molar-refractivity contribution in [3.05, 3.63) is 47.8 Å². The number of amides is 1. The monoisotopic (exact) mass is 317 g/mol. The minimum absolute atomic E-state index is 0.258. The van der Waals surface area contributed by atoms with E-state index in [0.29, 0.717) is 16.9 Å². The molecule has 0 saturated heterocycles. The van der Waals surface area contributed by atoms with E-state index in [-0.39, 0.29) is 12.3 Å². The lowest BCUT2D eigenvalue weighted by Gasteiger charge is -2.30. The van der Waals surface area contributed by atoms with Gasteiger partial charge in [0.15, 0.2) is 0 Å². The molecule has 0 radical (unpaired) electrons. The maximum Gasteiger partial charge on any atom is 0.306 e. The van der Waals surface area contributed by atoms with Crippen LogP contribution >= 0.6 is 0 Å². The summed E-state index contributed by atoms with van der Waals surface area (Å²) in [5.74, 6) is -0.804. The Morgan fingerprint density at radius 3 is 2.74 bits per heavy atom. The van der Waals surface area contributed by atoms with Crippen LogP contribution in [0.5, 0.6) is 5.75 Å². The van der Waals surface area contributed by atoms with Crippen LogP contribution in [-0.2, 0) is 17.4 Å². The molecule has 2 rings (SSSR count). The maximum absolute atomic E-state index is 12.4. The van der Waals surface area contributed by atoms with Gasteiger partial charge in [0.05, 0.1) is 30.8 Å². The number of hydrogen-bond donors (Lipinski definition) is 2. The highest BCUT2D eigenvalue weighted by Gasteiger charge is 2.32. The number of carbonyl (C=O) groups is 2. The number of nitrogens with one attached hydrogen (secondary N) is 1. The zero-order valence-electron chi connectivity index (χ0n) is 13.2. The second-order valence-electron chi connectivity index (χ2n) is 5.49. The lowest BCUT2D eigenvalue weighted by molar-refractivity contribution is -0.138. The molecule has 0 spiro atoms. The van der Waals surface area contributed by atoms with Gasteiger partial charge in [0, 0.05) is 13.2 Å². The highest BCUT2D eigenvalue weighted by Crippen LogP contribution is 2.28. The topological polar surface area (TPSA) is 93.4 Å². The Kier molecular flexibility index (Phi) is 4.68. The number of carbonyl (C=O) groups excluding carboxylic acids is 1. The SMILES string of the molecule is COc1cccc(C(C)(CC(=O)O)NC(=O)c2cnn(C)c2)c1. The molecule has 0 aliphatic rings. The first-order valence-electron chi connectivity index (χ1n) is 7.01. The Balaban J connectivity index is 2.34. The molecule has 1 aromatic carbocycles. The van der Waals surface area contributed by atoms with Crippen LogP contribution in [0.3, 0.4) is 0 Å². The lowest BCUT2D eigenvalue weighted by Crippen LogP contribution is -2.45. The smallest absolute Gasteiger partial charge is 0.306 e. The van der Waals surface area contributed by atoms with Crippen LogP contribution in [0.1, 0.15) is 29.3 Å². The van der Waals surface area contributed by atoms with E-state index in [2.05, 4.69) is 10.4 Å². The van der Waals surface area contributed by atoms with Gasteiger partial charge in [-0.1, -0.05) is 12.1 Å². The van der Waals surface area contributed by atoms with E-state index in [1.54, 1.807) is 44.4 Å². The molecule has 1 amide bonds. The summed E-state index contributed by atoms with van der Waals surface area (Å²) in [6.45, 7) is 1.67. The number of carboxylic acids is 1. The van der Waals surface area contributed by atoms with Crippen molar-refractivity contribution in [3.8, 4) is 5.75 Å². The highest BCUT2D eigenvalue weighted by atomic mass is 16.5. The number of carboxylic acid groups (broad SMARTS) is 1. The molecule has 0 saturated carbocycles. The second kappa shape index (κ2) is 6.51. The first-order valence-corrected chi connectivity index (χ1v) is 7.01. The van der Waals surface area contributed by atoms with Crippen molar-refractivity contribution in [2.24, 2.45) is 7.05 Å². The summed E-state index contributed by atoms with van der Waals surface area (Å²) in [5.41, 5.74) is -0.0590. The second-order valence-corrected chi connectivity index (χ2v) is 5.49. The number of nitrogens with zero attached hydrogens (tertiary/aromatic N) is 2. The summed E-state index contributed by atoms with van der Waals surface area (Å²) >= 11 is 0. The molecular weight excluding hydrogens is 298 g/mol. The third-order valence-electron chi connectivity index (χ3n) is 3.57. The first kappa shape index (κ1) is 16.5. The van der Waals surface area contributed by atoms with Crippen molar-refractivity contribution in [1.82, 2.24) is 15.1 Å². The van der Waals surface area contributed by atoms with Crippen molar-refractivity contribution in [2.45, 2.75) is 18.9 Å². The standard InChI is InChI=1S/C16H19N3O4/c1-16(8-14(20)21,12-5-4-6-13(7-12)23-3)18-15(22)11-9-17-19(2)10-11/h4-7,9-10H,8H2,1-3H3,(H,18,22)(H,20,21). The third kappa shape index (κ3) is 3.88. The van der Waals surface area contributed by atoms with Gasteiger partial charge in [-0.25, -0.2) is 0 Å². The zero-order chi connectivity index (χ0) is 17.0. The number of ether oxygens (including phenoxy) is 1. The van der Waals surface area contributed by atoms with Crippen LogP contribution in [0.2, 0.25) is 0 Å². The van der Waals surface area contributed by atoms with E-state index in [9.17, 15) is 14.7 Å². The summed E-state index contributed by atoms with van der Waals surface area (Å²) in [6.07, 6.45) is 2.75. The van der Waals surface area contributed by atoms with Gasteiger partial charge in [0.25, 0.3) is 5.91 Å². The Morgan fingerprint density at radius 2 is 2.17 bits per heavy atom. The summed E-state index contributed by atoms with van der Waals surface area (Å²) in [5, 5.41) is 16.0. The Bertz CT molecular complexity index is 726. The molecule has 1 heterocycles. The Hall–Kier alpha value is -2.83. The normalized spacial score (nSPS) is 13.2. The molecule has 1 atom stereocenters. The van der Waals surface area contributed by atoms with Crippen molar-refractivity contribution < 1.29 is 19.4 Å². The van der Waals surface area contributed by atoms with Gasteiger partial charge in [-0.3, -0.25) is 14.3 Å². The molecule has 1 aromatic heterocycles. The van der Waals surface area contributed by atoms with E-state index >= 15 is 0 Å². The van der Waals surface area contributed by atoms with Crippen LogP contribution < -0.4 is 10.1 Å². The van der Waals surface area contributed by atoms with Gasteiger partial charge in [0.1, 0.15) is 5.75 Å². The third-order valence-corrected chi connectivity index (χ3v) is 3.57. The van der Waals surface area contributed by atoms with Gasteiger partial charge in [0.2, 0.25) is 0 Å². The largest absolute Gasteiger partial charge is 0.497 e. The van der Waals surface area contributed by atoms with Crippen LogP contribution in [0.15, 0.2) is 36.7 Å². The van der Waals surface area contributed by atoms with E-state index in [0.717, 1.165) is 0 Å². The van der Waals surface area contributed by atoms with Gasteiger partial charge < -0.3 is 15.2 Å². The Labute approximate surface area is 133 Å². The molecule has 2 aromatic rings. The number of rotatable bonds is 6. The fourth-order valence-corrected chi connectivity index (χ4v) is 2.35. The van der Waals surface area contributed by atoms with Crippen LogP contribution in [-0.4, -0.2) is 33.9 Å². The highest BCUT2D eigenvalue weighted by molar-refractivity contribution is 5.94. The molecule has 122 valence electrons. The lowest BCUT2D eigenvalue weighted by atomic mass is 9.88. The van der Waals surface area contributed by atoms with Crippen molar-refractivity contribution in [1.29, 1.82) is 0 Å². The van der Waals surface area contributed by atoms with Gasteiger partial charge in [-0.15, -0.1) is 0 Å². The molecular formula is C16H19N3O4. The minimum Gasteiger partial charge on any atom is -0.497 e. The number of aliphatic carboxylic acids is 1. The maximum atomic E-state index is 12.4. The van der Waals surface area contributed by atoms with E-state index < -0.39 is 11.5 Å². The fraction of sp³-hybridized carbons (Fsp3) is 0.312. The van der Waals surface area contributed by atoms with Crippen LogP contribution in [0.25, 0.3) is 0 Å². The molecule has 0 bridgehead atoms. The number of aromatic nitrogens is 2. The summed E-state index contributed by atoms with van der Waals surface area (Å²) < 4.78 is 6.68. The summed E-state index contributed by atoms with van der Waals surface area (Å²) in [6, 6.07) is 6.99. The number of benzene rings is 1. The average molecular weight is 317 g/mol.